The zero-order chi connectivity index (χ0) is 13.8. The van der Waals surface area contributed by atoms with Crippen LogP contribution in [0.1, 0.15) is 12.5 Å². The van der Waals surface area contributed by atoms with Crippen LogP contribution in [0.3, 0.4) is 0 Å². The number of carbonyl (C=O) groups excluding carboxylic acids is 1. The number of esters is 1. The number of aromatic nitrogens is 2. The first kappa shape index (κ1) is 13.7. The van der Waals surface area contributed by atoms with Crippen molar-refractivity contribution >= 4 is 21.9 Å². The number of ether oxygens (including phenoxy) is 1. The van der Waals surface area contributed by atoms with Crippen molar-refractivity contribution in [3.05, 3.63) is 46.4 Å². The van der Waals surface area contributed by atoms with Gasteiger partial charge in [-0.3, -0.25) is 4.79 Å². The fourth-order valence-corrected chi connectivity index (χ4v) is 2.15. The Morgan fingerprint density at radius 1 is 1.42 bits per heavy atom. The summed E-state index contributed by atoms with van der Waals surface area (Å²) in [5, 5.41) is 4.17. The van der Waals surface area contributed by atoms with E-state index in [-0.39, 0.29) is 18.2 Å². The molecule has 0 fully saturated rings. The Balaban J connectivity index is 2.23. The van der Waals surface area contributed by atoms with Crippen LogP contribution in [0.15, 0.2) is 35.1 Å². The van der Waals surface area contributed by atoms with Crippen LogP contribution in [0, 0.1) is 5.82 Å². The van der Waals surface area contributed by atoms with Crippen LogP contribution in [0.2, 0.25) is 0 Å². The summed E-state index contributed by atoms with van der Waals surface area (Å²) in [7, 11) is 0. The van der Waals surface area contributed by atoms with Crippen molar-refractivity contribution in [3.8, 4) is 5.69 Å². The molecule has 0 amide bonds. The van der Waals surface area contributed by atoms with Crippen LogP contribution in [0.5, 0.6) is 0 Å². The van der Waals surface area contributed by atoms with Crippen molar-refractivity contribution < 1.29 is 13.9 Å². The Hall–Kier alpha value is -1.69. The second-order valence-corrected chi connectivity index (χ2v) is 4.58. The summed E-state index contributed by atoms with van der Waals surface area (Å²) in [6, 6.07) is 5.94. The minimum atomic E-state index is -0.307. The van der Waals surface area contributed by atoms with Gasteiger partial charge in [-0.15, -0.1) is 0 Å². The first-order valence-corrected chi connectivity index (χ1v) is 6.55. The van der Waals surface area contributed by atoms with Crippen molar-refractivity contribution in [2.45, 2.75) is 13.3 Å². The predicted molar refractivity (Wildman–Crippen MR) is 71.6 cm³/mol. The van der Waals surface area contributed by atoms with Crippen LogP contribution >= 0.6 is 15.9 Å². The molecule has 4 nitrogen and oxygen atoms in total. The first-order valence-electron chi connectivity index (χ1n) is 5.75. The van der Waals surface area contributed by atoms with Gasteiger partial charge in [0.25, 0.3) is 0 Å². The van der Waals surface area contributed by atoms with Gasteiger partial charge in [0.15, 0.2) is 0 Å². The number of halogens is 2. The standard InChI is InChI=1S/C13H12BrFN2O2/c1-2-19-12(18)7-9-8-16-17(13(9)14)11-5-3-10(15)4-6-11/h3-6,8H,2,7H2,1H3. The summed E-state index contributed by atoms with van der Waals surface area (Å²) in [6.45, 7) is 2.11. The summed E-state index contributed by atoms with van der Waals surface area (Å²) < 4.78 is 20.0. The molecule has 19 heavy (non-hydrogen) atoms. The fourth-order valence-electron chi connectivity index (χ4n) is 1.62. The van der Waals surface area contributed by atoms with Gasteiger partial charge in [-0.1, -0.05) is 0 Å². The average molecular weight is 327 g/mol. The number of nitrogens with zero attached hydrogens (tertiary/aromatic N) is 2. The third kappa shape index (κ3) is 3.20. The molecule has 1 aromatic carbocycles. The Morgan fingerprint density at radius 3 is 2.74 bits per heavy atom. The molecule has 0 saturated heterocycles. The molecule has 0 aliphatic carbocycles. The lowest BCUT2D eigenvalue weighted by atomic mass is 10.2. The van der Waals surface area contributed by atoms with E-state index in [2.05, 4.69) is 21.0 Å². The molecule has 0 atom stereocenters. The molecule has 0 aliphatic heterocycles. The number of carbonyl (C=O) groups is 1. The number of rotatable bonds is 4. The normalized spacial score (nSPS) is 10.5. The SMILES string of the molecule is CCOC(=O)Cc1cnn(-c2ccc(F)cc2)c1Br. The maximum atomic E-state index is 12.9. The van der Waals surface area contributed by atoms with E-state index in [1.165, 1.54) is 12.1 Å². The summed E-state index contributed by atoms with van der Waals surface area (Å²) in [4.78, 5) is 11.4. The average Bonchev–Trinajstić information content (AvgIpc) is 2.73. The van der Waals surface area contributed by atoms with E-state index >= 15 is 0 Å². The van der Waals surface area contributed by atoms with Gasteiger partial charge >= 0.3 is 5.97 Å². The van der Waals surface area contributed by atoms with E-state index in [0.29, 0.717) is 16.9 Å². The molecule has 2 rings (SSSR count). The second kappa shape index (κ2) is 5.97. The molecule has 1 aromatic heterocycles. The molecule has 0 saturated carbocycles. The smallest absolute Gasteiger partial charge is 0.310 e. The minimum Gasteiger partial charge on any atom is -0.466 e. The largest absolute Gasteiger partial charge is 0.466 e. The Kier molecular flexibility index (Phi) is 4.31. The maximum Gasteiger partial charge on any atom is 0.310 e. The number of hydrogen-bond acceptors (Lipinski definition) is 3. The van der Waals surface area contributed by atoms with E-state index in [0.717, 1.165) is 5.56 Å². The van der Waals surface area contributed by atoms with Crippen LogP contribution in [0.4, 0.5) is 4.39 Å². The molecular weight excluding hydrogens is 315 g/mol. The van der Waals surface area contributed by atoms with E-state index in [9.17, 15) is 9.18 Å². The predicted octanol–water partition coefficient (Wildman–Crippen LogP) is 2.88. The Morgan fingerprint density at radius 2 is 2.11 bits per heavy atom. The lowest BCUT2D eigenvalue weighted by molar-refractivity contribution is -0.142. The van der Waals surface area contributed by atoms with Crippen molar-refractivity contribution in [2.24, 2.45) is 0 Å². The third-order valence-corrected chi connectivity index (χ3v) is 3.34. The highest BCUT2D eigenvalue weighted by Crippen LogP contribution is 2.21. The van der Waals surface area contributed by atoms with Gasteiger partial charge < -0.3 is 4.74 Å². The van der Waals surface area contributed by atoms with Crippen LogP contribution in [-0.4, -0.2) is 22.4 Å². The van der Waals surface area contributed by atoms with Gasteiger partial charge in [0.1, 0.15) is 10.4 Å². The zero-order valence-electron chi connectivity index (χ0n) is 10.3. The summed E-state index contributed by atoms with van der Waals surface area (Å²) in [5.74, 6) is -0.611. The number of hydrogen-bond donors (Lipinski definition) is 0. The van der Waals surface area contributed by atoms with Gasteiger partial charge in [-0.05, 0) is 47.1 Å². The molecule has 0 unspecified atom stereocenters. The molecule has 0 N–H and O–H groups in total. The van der Waals surface area contributed by atoms with Crippen molar-refractivity contribution in [1.82, 2.24) is 9.78 Å². The van der Waals surface area contributed by atoms with Crippen molar-refractivity contribution in [2.75, 3.05) is 6.61 Å². The monoisotopic (exact) mass is 326 g/mol. The van der Waals surface area contributed by atoms with Crippen LogP contribution in [-0.2, 0) is 16.0 Å². The van der Waals surface area contributed by atoms with E-state index in [1.807, 2.05) is 0 Å². The zero-order valence-corrected chi connectivity index (χ0v) is 11.9. The lowest BCUT2D eigenvalue weighted by Gasteiger charge is -2.04. The summed E-state index contributed by atoms with van der Waals surface area (Å²) >= 11 is 3.39. The highest BCUT2D eigenvalue weighted by Gasteiger charge is 2.13. The summed E-state index contributed by atoms with van der Waals surface area (Å²) in [6.07, 6.45) is 1.74. The van der Waals surface area contributed by atoms with Crippen molar-refractivity contribution in [1.29, 1.82) is 0 Å². The third-order valence-electron chi connectivity index (χ3n) is 2.49. The van der Waals surface area contributed by atoms with Crippen LogP contribution in [0.25, 0.3) is 5.69 Å². The van der Waals surface area contributed by atoms with Crippen molar-refractivity contribution in [3.63, 3.8) is 0 Å². The van der Waals surface area contributed by atoms with Gasteiger partial charge in [0.2, 0.25) is 0 Å². The highest BCUT2D eigenvalue weighted by molar-refractivity contribution is 9.10. The van der Waals surface area contributed by atoms with E-state index in [4.69, 9.17) is 4.74 Å². The quantitative estimate of drug-likeness (QED) is 0.811. The molecule has 0 spiro atoms. The maximum absolute atomic E-state index is 12.9. The molecule has 100 valence electrons. The lowest BCUT2D eigenvalue weighted by Crippen LogP contribution is -2.07. The Bertz CT molecular complexity index is 581. The molecule has 2 aromatic rings. The molecule has 6 heteroatoms. The molecular formula is C13H12BrFN2O2. The molecule has 0 radical (unpaired) electrons. The second-order valence-electron chi connectivity index (χ2n) is 3.83. The van der Waals surface area contributed by atoms with E-state index in [1.54, 1.807) is 29.9 Å². The van der Waals surface area contributed by atoms with Gasteiger partial charge in [0, 0.05) is 5.56 Å². The minimum absolute atomic E-state index is 0.148. The highest BCUT2D eigenvalue weighted by atomic mass is 79.9. The van der Waals surface area contributed by atoms with Gasteiger partial charge in [0.05, 0.1) is 24.9 Å². The van der Waals surface area contributed by atoms with Gasteiger partial charge in [-0.25, -0.2) is 9.07 Å². The number of benzene rings is 1. The summed E-state index contributed by atoms with van der Waals surface area (Å²) in [5.41, 5.74) is 1.44. The van der Waals surface area contributed by atoms with Gasteiger partial charge in [-0.2, -0.15) is 5.10 Å². The topological polar surface area (TPSA) is 44.1 Å². The fraction of sp³-hybridized carbons (Fsp3) is 0.231. The Labute approximate surface area is 118 Å². The molecule has 1 heterocycles. The molecule has 0 bridgehead atoms. The first-order chi connectivity index (χ1) is 9.11. The molecule has 0 aliphatic rings. The van der Waals surface area contributed by atoms with E-state index < -0.39 is 0 Å². The van der Waals surface area contributed by atoms with Crippen LogP contribution < -0.4 is 0 Å².